The summed E-state index contributed by atoms with van der Waals surface area (Å²) in [5.41, 5.74) is 6.33. The van der Waals surface area contributed by atoms with Gasteiger partial charge in [-0.3, -0.25) is 0 Å². The van der Waals surface area contributed by atoms with Crippen molar-refractivity contribution in [2.24, 2.45) is 0 Å². The van der Waals surface area contributed by atoms with E-state index in [0.717, 1.165) is 35.1 Å². The molecule has 1 N–H and O–H groups in total. The monoisotopic (exact) mass is 405 g/mol. The third kappa shape index (κ3) is 4.91. The maximum Gasteiger partial charge on any atom is 0.240 e. The second-order valence-corrected chi connectivity index (χ2v) is 8.61. The maximum atomic E-state index is 5.53. The second-order valence-electron chi connectivity index (χ2n) is 7.40. The third-order valence-electron chi connectivity index (χ3n) is 5.15. The summed E-state index contributed by atoms with van der Waals surface area (Å²) in [6, 6.07) is 16.5. The van der Waals surface area contributed by atoms with Gasteiger partial charge in [0.1, 0.15) is 5.69 Å². The van der Waals surface area contributed by atoms with Crippen LogP contribution in [-0.4, -0.2) is 22.5 Å². The molecule has 1 aliphatic heterocycles. The molecule has 1 unspecified atom stereocenters. The highest BCUT2D eigenvalue weighted by atomic mass is 32.2. The van der Waals surface area contributed by atoms with Gasteiger partial charge >= 0.3 is 0 Å². The molecule has 0 spiro atoms. The largest absolute Gasteiger partial charge is 0.479 e. The fourth-order valence-electron chi connectivity index (χ4n) is 3.65. The van der Waals surface area contributed by atoms with Crippen LogP contribution >= 0.6 is 11.8 Å². The Morgan fingerprint density at radius 1 is 0.966 bits per heavy atom. The molecule has 4 rings (SSSR count). The number of hydrogen-bond acceptors (Lipinski definition) is 5. The van der Waals surface area contributed by atoms with Gasteiger partial charge in [0.2, 0.25) is 5.88 Å². The zero-order valence-corrected chi connectivity index (χ0v) is 17.8. The Morgan fingerprint density at radius 3 is 2.52 bits per heavy atom. The van der Waals surface area contributed by atoms with E-state index in [1.165, 1.54) is 30.5 Å². The van der Waals surface area contributed by atoms with Gasteiger partial charge in [0, 0.05) is 11.3 Å². The molecule has 2 aromatic carbocycles. The lowest BCUT2D eigenvalue weighted by Crippen LogP contribution is -2.16. The molecule has 3 aromatic rings. The Balaban J connectivity index is 1.40. The molecule has 0 bridgehead atoms. The van der Waals surface area contributed by atoms with Crippen molar-refractivity contribution in [3.63, 3.8) is 0 Å². The summed E-state index contributed by atoms with van der Waals surface area (Å²) in [5, 5.41) is 6.31. The van der Waals surface area contributed by atoms with Crippen LogP contribution in [0.5, 0.6) is 5.88 Å². The molecular formula is C24H27N3OS. The molecule has 2 heterocycles. The van der Waals surface area contributed by atoms with Crippen molar-refractivity contribution < 1.29 is 4.74 Å². The average molecular weight is 406 g/mol. The third-order valence-corrected chi connectivity index (χ3v) is 6.09. The molecule has 29 heavy (non-hydrogen) atoms. The van der Waals surface area contributed by atoms with E-state index in [9.17, 15) is 0 Å². The number of para-hydroxylation sites is 2. The topological polar surface area (TPSA) is 47.0 Å². The Bertz CT molecular complexity index is 1020. The number of fused-ring (bicyclic) bond motifs is 1. The van der Waals surface area contributed by atoms with Crippen LogP contribution in [-0.2, 0) is 6.42 Å². The fraction of sp³-hybridized carbons (Fsp3) is 0.333. The summed E-state index contributed by atoms with van der Waals surface area (Å²) >= 11 is 1.87. The van der Waals surface area contributed by atoms with Crippen molar-refractivity contribution in [1.82, 2.24) is 15.3 Å². The van der Waals surface area contributed by atoms with Crippen LogP contribution in [0.25, 0.3) is 22.3 Å². The van der Waals surface area contributed by atoms with Gasteiger partial charge in [-0.1, -0.05) is 36.8 Å². The smallest absolute Gasteiger partial charge is 0.240 e. The zero-order valence-electron chi connectivity index (χ0n) is 17.0. The lowest BCUT2D eigenvalue weighted by atomic mass is 10.0. The van der Waals surface area contributed by atoms with Gasteiger partial charge in [-0.15, -0.1) is 11.8 Å². The molecule has 0 radical (unpaired) electrons. The van der Waals surface area contributed by atoms with Gasteiger partial charge in [0.25, 0.3) is 0 Å². The van der Waals surface area contributed by atoms with E-state index in [-0.39, 0.29) is 0 Å². The fourth-order valence-corrected chi connectivity index (χ4v) is 4.43. The van der Waals surface area contributed by atoms with E-state index in [0.29, 0.717) is 11.3 Å². The second kappa shape index (κ2) is 9.31. The summed E-state index contributed by atoms with van der Waals surface area (Å²) in [5.74, 6) is 0.574. The molecule has 0 saturated heterocycles. The number of hydrogen-bond donors (Lipinski definition) is 1. The summed E-state index contributed by atoms with van der Waals surface area (Å²) in [7, 11) is 1.65. The van der Waals surface area contributed by atoms with Crippen LogP contribution < -0.4 is 10.1 Å². The number of benzene rings is 2. The van der Waals surface area contributed by atoms with Gasteiger partial charge in [0.15, 0.2) is 0 Å². The maximum absolute atomic E-state index is 5.53. The number of aromatic nitrogens is 2. The number of methoxy groups -OCH3 is 1. The number of thioether (sulfide) groups is 1. The van der Waals surface area contributed by atoms with E-state index < -0.39 is 0 Å². The summed E-state index contributed by atoms with van der Waals surface area (Å²) in [6.45, 7) is 2.20. The number of rotatable bonds is 8. The van der Waals surface area contributed by atoms with E-state index in [4.69, 9.17) is 9.72 Å². The first kappa shape index (κ1) is 19.8. The highest BCUT2D eigenvalue weighted by Gasteiger charge is 2.12. The number of nitrogens with zero attached hydrogens (tertiary/aromatic N) is 2. The van der Waals surface area contributed by atoms with Crippen molar-refractivity contribution in [3.05, 3.63) is 65.2 Å². The zero-order chi connectivity index (χ0) is 20.1. The van der Waals surface area contributed by atoms with Crippen LogP contribution in [0.4, 0.5) is 0 Å². The summed E-state index contributed by atoms with van der Waals surface area (Å²) in [6.07, 6.45) is 5.90. The minimum atomic E-state index is 0.530. The minimum absolute atomic E-state index is 0.530. The Labute approximate surface area is 176 Å². The molecular weight excluding hydrogens is 378 g/mol. The van der Waals surface area contributed by atoms with E-state index in [2.05, 4.69) is 46.9 Å². The van der Waals surface area contributed by atoms with Crippen LogP contribution in [0, 0.1) is 0 Å². The molecule has 1 atom stereocenters. The van der Waals surface area contributed by atoms with E-state index in [1.54, 1.807) is 7.11 Å². The molecule has 4 nitrogen and oxygen atoms in total. The molecule has 1 aromatic heterocycles. The predicted molar refractivity (Wildman–Crippen MR) is 122 cm³/mol. The highest BCUT2D eigenvalue weighted by Crippen LogP contribution is 2.29. The number of nitrogens with one attached hydrogen (secondary N) is 1. The number of ether oxygens (including phenoxy) is 1. The van der Waals surface area contributed by atoms with E-state index in [1.807, 2.05) is 36.0 Å². The van der Waals surface area contributed by atoms with Gasteiger partial charge in [-0.05, 0) is 61.8 Å². The van der Waals surface area contributed by atoms with Crippen molar-refractivity contribution in [2.45, 2.75) is 44.4 Å². The first-order valence-electron chi connectivity index (χ1n) is 10.2. The van der Waals surface area contributed by atoms with Crippen LogP contribution in [0.1, 0.15) is 38.2 Å². The van der Waals surface area contributed by atoms with Crippen molar-refractivity contribution in [2.75, 3.05) is 7.11 Å². The summed E-state index contributed by atoms with van der Waals surface area (Å²) in [4.78, 5) is 9.45. The predicted octanol–water partition coefficient (Wildman–Crippen LogP) is 5.93. The number of aryl methyl sites for hydroxylation is 1. The molecule has 1 aliphatic rings. The Morgan fingerprint density at radius 2 is 1.76 bits per heavy atom. The average Bonchev–Trinajstić information content (AvgIpc) is 3.17. The van der Waals surface area contributed by atoms with Gasteiger partial charge in [0.05, 0.1) is 23.5 Å². The van der Waals surface area contributed by atoms with Crippen molar-refractivity contribution in [3.8, 4) is 17.1 Å². The number of unbranched alkanes of at least 4 members (excludes halogenated alkanes) is 2. The first-order chi connectivity index (χ1) is 14.2. The Hall–Kier alpha value is -2.53. The SMILES string of the molecule is COc1nc2ccccc2nc1-c1cccc(CCCCCC2=CSC(C)N2)c1. The van der Waals surface area contributed by atoms with Gasteiger partial charge < -0.3 is 10.1 Å². The van der Waals surface area contributed by atoms with Gasteiger partial charge in [-0.2, -0.15) is 0 Å². The molecule has 5 heteroatoms. The quantitative estimate of drug-likeness (QED) is 0.471. The lowest BCUT2D eigenvalue weighted by molar-refractivity contribution is 0.400. The van der Waals surface area contributed by atoms with Crippen LogP contribution in [0.2, 0.25) is 0 Å². The van der Waals surface area contributed by atoms with Gasteiger partial charge in [-0.25, -0.2) is 9.97 Å². The van der Waals surface area contributed by atoms with Crippen molar-refractivity contribution >= 4 is 22.8 Å². The molecule has 0 saturated carbocycles. The normalized spacial score (nSPS) is 15.9. The molecule has 150 valence electrons. The molecule has 0 aliphatic carbocycles. The van der Waals surface area contributed by atoms with E-state index >= 15 is 0 Å². The minimum Gasteiger partial charge on any atom is -0.479 e. The summed E-state index contributed by atoms with van der Waals surface area (Å²) < 4.78 is 5.53. The molecule has 0 fully saturated rings. The lowest BCUT2D eigenvalue weighted by Gasteiger charge is -2.10. The van der Waals surface area contributed by atoms with Crippen LogP contribution in [0.3, 0.4) is 0 Å². The Kier molecular flexibility index (Phi) is 6.35. The molecule has 0 amide bonds. The van der Waals surface area contributed by atoms with Crippen molar-refractivity contribution in [1.29, 1.82) is 0 Å². The van der Waals surface area contributed by atoms with Crippen LogP contribution in [0.15, 0.2) is 59.6 Å². The highest BCUT2D eigenvalue weighted by molar-refractivity contribution is 8.02. The first-order valence-corrected chi connectivity index (χ1v) is 11.2. The standard InChI is InChI=1S/C24H27N3OS/c1-17-25-20(16-29-17)12-5-3-4-9-18-10-8-11-19(15-18)23-24(28-2)27-22-14-7-6-13-21(22)26-23/h6-8,10-11,13-17,25H,3-5,9,12H2,1-2H3. The number of allylic oxidation sites excluding steroid dienone is 1.